The summed E-state index contributed by atoms with van der Waals surface area (Å²) in [5.74, 6) is 0.267. The van der Waals surface area contributed by atoms with E-state index in [1.54, 1.807) is 11.1 Å². The van der Waals surface area contributed by atoms with Crippen LogP contribution in [0.3, 0.4) is 0 Å². The van der Waals surface area contributed by atoms with Gasteiger partial charge in [0.15, 0.2) is 0 Å². The van der Waals surface area contributed by atoms with Gasteiger partial charge in [-0.3, -0.25) is 9.69 Å². The van der Waals surface area contributed by atoms with Crippen LogP contribution >= 0.6 is 0 Å². The number of nitrogens with zero attached hydrogens (tertiary/aromatic N) is 2. The summed E-state index contributed by atoms with van der Waals surface area (Å²) in [6.07, 6.45) is 6.24. The Morgan fingerprint density at radius 1 is 1.39 bits per heavy atom. The van der Waals surface area contributed by atoms with Gasteiger partial charge in [-0.2, -0.15) is 0 Å². The molecule has 1 aliphatic heterocycles. The van der Waals surface area contributed by atoms with Crippen molar-refractivity contribution in [1.82, 2.24) is 9.80 Å². The highest BCUT2D eigenvalue weighted by molar-refractivity contribution is 5.96. The van der Waals surface area contributed by atoms with E-state index in [9.17, 15) is 9.90 Å². The highest BCUT2D eigenvalue weighted by Gasteiger charge is 2.28. The van der Waals surface area contributed by atoms with Crippen molar-refractivity contribution in [2.75, 3.05) is 20.6 Å². The molecule has 1 heterocycles. The van der Waals surface area contributed by atoms with Crippen LogP contribution in [0.4, 0.5) is 0 Å². The zero-order chi connectivity index (χ0) is 17.7. The van der Waals surface area contributed by atoms with E-state index in [-0.39, 0.29) is 17.6 Å². The largest absolute Gasteiger partial charge is 0.505 e. The number of allylic oxidation sites excluding steroid dienone is 2. The van der Waals surface area contributed by atoms with E-state index < -0.39 is 0 Å². The number of carbonyl (C=O) groups is 1. The van der Waals surface area contributed by atoms with Gasteiger partial charge in [-0.1, -0.05) is 26.8 Å². The normalized spacial score (nSPS) is 18.3. The average Bonchev–Trinajstić information content (AvgIpc) is 2.48. The third-order valence-corrected chi connectivity index (χ3v) is 4.01. The zero-order valence-electron chi connectivity index (χ0n) is 15.5. The molecule has 0 aromatic rings. The molecule has 0 saturated heterocycles. The van der Waals surface area contributed by atoms with E-state index in [0.717, 1.165) is 23.1 Å². The number of rotatable bonds is 5. The topological polar surface area (TPSA) is 43.8 Å². The first kappa shape index (κ1) is 19.2. The summed E-state index contributed by atoms with van der Waals surface area (Å²) in [7, 11) is 3.91. The number of hydrogen-bond donors (Lipinski definition) is 1. The quantitative estimate of drug-likeness (QED) is 0.779. The molecule has 0 aromatic heterocycles. The SMILES string of the molecule is C/C=C(\C(=O)N1C=CC(CN(C)C)=C(O)/C1=C(\C)CC)C(C)C. The summed E-state index contributed by atoms with van der Waals surface area (Å²) in [6.45, 7) is 10.5. The molecule has 1 rings (SSSR count). The van der Waals surface area contributed by atoms with Gasteiger partial charge in [0.25, 0.3) is 5.91 Å². The summed E-state index contributed by atoms with van der Waals surface area (Å²) in [6, 6.07) is 0. The third-order valence-electron chi connectivity index (χ3n) is 4.01. The van der Waals surface area contributed by atoms with Gasteiger partial charge in [0.2, 0.25) is 0 Å². The minimum absolute atomic E-state index is 0.0722. The maximum Gasteiger partial charge on any atom is 0.258 e. The maximum atomic E-state index is 12.9. The molecular weight excluding hydrogens is 288 g/mol. The number of carbonyl (C=O) groups excluding carboxylic acids is 1. The second-order valence-electron chi connectivity index (χ2n) is 6.48. The molecule has 1 N–H and O–H groups in total. The van der Waals surface area contributed by atoms with Gasteiger partial charge < -0.3 is 10.0 Å². The highest BCUT2D eigenvalue weighted by atomic mass is 16.3. The maximum absolute atomic E-state index is 12.9. The van der Waals surface area contributed by atoms with Gasteiger partial charge in [0.05, 0.1) is 5.70 Å². The molecule has 0 aliphatic carbocycles. The first-order valence-corrected chi connectivity index (χ1v) is 8.19. The first-order valence-electron chi connectivity index (χ1n) is 8.19. The monoisotopic (exact) mass is 318 g/mol. The molecule has 0 spiro atoms. The lowest BCUT2D eigenvalue weighted by Gasteiger charge is -2.30. The number of likely N-dealkylation sites (N-methyl/N-ethyl adjacent to an activating group) is 1. The zero-order valence-corrected chi connectivity index (χ0v) is 15.5. The minimum atomic E-state index is -0.0722. The third kappa shape index (κ3) is 4.35. The molecule has 1 amide bonds. The molecule has 128 valence electrons. The van der Waals surface area contributed by atoms with E-state index in [0.29, 0.717) is 12.2 Å². The van der Waals surface area contributed by atoms with Gasteiger partial charge in [-0.15, -0.1) is 0 Å². The number of aliphatic hydroxyl groups excluding tert-OH is 1. The van der Waals surface area contributed by atoms with Crippen molar-refractivity contribution < 1.29 is 9.90 Å². The van der Waals surface area contributed by atoms with Crippen LogP contribution in [-0.4, -0.2) is 41.5 Å². The molecule has 0 aromatic carbocycles. The van der Waals surface area contributed by atoms with Crippen molar-refractivity contribution in [1.29, 1.82) is 0 Å². The van der Waals surface area contributed by atoms with Crippen LogP contribution in [0.15, 0.2) is 46.5 Å². The van der Waals surface area contributed by atoms with E-state index in [2.05, 4.69) is 0 Å². The molecule has 4 heteroatoms. The fraction of sp³-hybridized carbons (Fsp3) is 0.526. The Bertz CT molecular complexity index is 578. The van der Waals surface area contributed by atoms with Crippen molar-refractivity contribution >= 4 is 5.91 Å². The minimum Gasteiger partial charge on any atom is -0.505 e. The lowest BCUT2D eigenvalue weighted by molar-refractivity contribution is -0.123. The first-order chi connectivity index (χ1) is 10.7. The second kappa shape index (κ2) is 8.16. The van der Waals surface area contributed by atoms with E-state index >= 15 is 0 Å². The van der Waals surface area contributed by atoms with Crippen molar-refractivity contribution in [3.05, 3.63) is 46.5 Å². The molecule has 0 unspecified atom stereocenters. The van der Waals surface area contributed by atoms with Crippen molar-refractivity contribution in [3.8, 4) is 0 Å². The van der Waals surface area contributed by atoms with Crippen molar-refractivity contribution in [3.63, 3.8) is 0 Å². The molecule has 0 saturated carbocycles. The molecular formula is C19H30N2O2. The summed E-state index contributed by atoms with van der Waals surface area (Å²) >= 11 is 0. The molecule has 0 atom stereocenters. The van der Waals surface area contributed by atoms with Crippen molar-refractivity contribution in [2.45, 2.75) is 41.0 Å². The molecule has 23 heavy (non-hydrogen) atoms. The van der Waals surface area contributed by atoms with Crippen LogP contribution in [-0.2, 0) is 4.79 Å². The Morgan fingerprint density at radius 2 is 2.00 bits per heavy atom. The predicted molar refractivity (Wildman–Crippen MR) is 95.8 cm³/mol. The molecule has 4 nitrogen and oxygen atoms in total. The summed E-state index contributed by atoms with van der Waals surface area (Å²) in [4.78, 5) is 16.5. The number of aliphatic hydroxyl groups is 1. The van der Waals surface area contributed by atoms with Crippen LogP contribution < -0.4 is 0 Å². The predicted octanol–water partition coefficient (Wildman–Crippen LogP) is 4.00. The van der Waals surface area contributed by atoms with Crippen LogP contribution in [0.25, 0.3) is 0 Å². The van der Waals surface area contributed by atoms with Gasteiger partial charge in [-0.05, 0) is 51.9 Å². The van der Waals surface area contributed by atoms with Crippen LogP contribution in [0.5, 0.6) is 0 Å². The average molecular weight is 318 g/mol. The molecule has 0 radical (unpaired) electrons. The van der Waals surface area contributed by atoms with Crippen LogP contribution in [0.2, 0.25) is 0 Å². The van der Waals surface area contributed by atoms with E-state index in [1.165, 1.54) is 0 Å². The molecule has 0 fully saturated rings. The Kier molecular flexibility index (Phi) is 6.82. The van der Waals surface area contributed by atoms with Crippen LogP contribution in [0.1, 0.15) is 41.0 Å². The lowest BCUT2D eigenvalue weighted by Crippen LogP contribution is -2.33. The van der Waals surface area contributed by atoms with E-state index in [4.69, 9.17) is 0 Å². The Hall–Kier alpha value is -1.81. The van der Waals surface area contributed by atoms with Gasteiger partial charge in [0.1, 0.15) is 5.76 Å². The molecule has 0 bridgehead atoms. The number of hydrogen-bond acceptors (Lipinski definition) is 3. The van der Waals surface area contributed by atoms with Crippen molar-refractivity contribution in [2.24, 2.45) is 5.92 Å². The summed E-state index contributed by atoms with van der Waals surface area (Å²) in [5.41, 5.74) is 3.20. The Morgan fingerprint density at radius 3 is 2.43 bits per heavy atom. The lowest BCUT2D eigenvalue weighted by atomic mass is 9.98. The Labute approximate surface area is 140 Å². The van der Waals surface area contributed by atoms with E-state index in [1.807, 2.05) is 65.8 Å². The van der Waals surface area contributed by atoms with Crippen LogP contribution in [0, 0.1) is 5.92 Å². The molecule has 1 aliphatic rings. The smallest absolute Gasteiger partial charge is 0.258 e. The standard InChI is InChI=1S/C19H30N2O2/c1-8-14(5)17-18(22)15(12-20(6)7)10-11-21(17)19(23)16(9-2)13(3)4/h9-11,13,22H,8,12H2,1-7H3/b16-9-,17-14-. The summed E-state index contributed by atoms with van der Waals surface area (Å²) < 4.78 is 0. The van der Waals surface area contributed by atoms with Gasteiger partial charge in [0, 0.05) is 23.9 Å². The Balaban J connectivity index is 3.35. The van der Waals surface area contributed by atoms with Gasteiger partial charge in [-0.25, -0.2) is 0 Å². The fourth-order valence-corrected chi connectivity index (χ4v) is 2.64. The fourth-order valence-electron chi connectivity index (χ4n) is 2.64. The summed E-state index contributed by atoms with van der Waals surface area (Å²) in [5, 5.41) is 10.7. The number of amides is 1. The van der Waals surface area contributed by atoms with Gasteiger partial charge >= 0.3 is 0 Å². The highest BCUT2D eigenvalue weighted by Crippen LogP contribution is 2.30. The second-order valence-corrected chi connectivity index (χ2v) is 6.48.